The molecule has 0 unspecified atom stereocenters. The van der Waals surface area contributed by atoms with E-state index in [0.717, 1.165) is 17.0 Å². The first-order valence-electron chi connectivity index (χ1n) is 5.66. The Morgan fingerprint density at radius 3 is 2.71 bits per heavy atom. The summed E-state index contributed by atoms with van der Waals surface area (Å²) in [5, 5.41) is 3.33. The van der Waals surface area contributed by atoms with Gasteiger partial charge < -0.3 is 10.1 Å². The number of hydrogen-bond acceptors (Lipinski definition) is 3. The zero-order valence-corrected chi connectivity index (χ0v) is 11.2. The first kappa shape index (κ1) is 14.5. The monoisotopic (exact) mass is 263 g/mol. The van der Waals surface area contributed by atoms with Crippen LogP contribution in [0.15, 0.2) is 6.07 Å². The van der Waals surface area contributed by atoms with Gasteiger partial charge in [0.1, 0.15) is 6.61 Å². The first-order chi connectivity index (χ1) is 7.99. The van der Waals surface area contributed by atoms with E-state index in [2.05, 4.69) is 19.2 Å². The number of rotatable bonds is 7. The molecule has 1 aromatic heterocycles. The predicted octanol–water partition coefficient (Wildman–Crippen LogP) is 3.34. The highest BCUT2D eigenvalue weighted by Gasteiger charge is 2.08. The lowest BCUT2D eigenvalue weighted by Crippen LogP contribution is -2.21. The Bertz CT molecular complexity index is 339. The molecule has 1 aromatic rings. The number of halogens is 2. The number of hydrogen-bond donors (Lipinski definition) is 1. The Labute approximate surface area is 105 Å². The van der Waals surface area contributed by atoms with Crippen LogP contribution < -0.4 is 5.32 Å². The molecule has 0 aliphatic rings. The Kier molecular flexibility index (Phi) is 6.02. The third-order valence-electron chi connectivity index (χ3n) is 2.26. The van der Waals surface area contributed by atoms with Crippen LogP contribution in [0.5, 0.6) is 0 Å². The van der Waals surface area contributed by atoms with Crippen LogP contribution in [0.2, 0.25) is 0 Å². The second-order valence-electron chi connectivity index (χ2n) is 4.24. The molecule has 0 fully saturated rings. The SMILES string of the molecule is Cc1sc(CNC(C)C)cc1COCC(F)F. The summed E-state index contributed by atoms with van der Waals surface area (Å²) in [7, 11) is 0. The molecule has 5 heteroatoms. The quantitative estimate of drug-likeness (QED) is 0.814. The Morgan fingerprint density at radius 2 is 2.12 bits per heavy atom. The second-order valence-corrected chi connectivity index (χ2v) is 5.58. The fourth-order valence-electron chi connectivity index (χ4n) is 1.38. The van der Waals surface area contributed by atoms with E-state index in [-0.39, 0.29) is 6.61 Å². The average Bonchev–Trinajstić information content (AvgIpc) is 2.56. The summed E-state index contributed by atoms with van der Waals surface area (Å²) in [5.74, 6) is 0. The summed E-state index contributed by atoms with van der Waals surface area (Å²) in [5.41, 5.74) is 1.01. The third kappa shape index (κ3) is 5.57. The number of nitrogens with one attached hydrogen (secondary N) is 1. The molecule has 0 aromatic carbocycles. The van der Waals surface area contributed by atoms with E-state index in [4.69, 9.17) is 4.74 Å². The molecule has 0 bridgehead atoms. The lowest BCUT2D eigenvalue weighted by Gasteiger charge is -2.05. The molecule has 0 atom stereocenters. The maximum absolute atomic E-state index is 11.9. The number of thiophene rings is 1. The van der Waals surface area contributed by atoms with Crippen molar-refractivity contribution in [1.82, 2.24) is 5.32 Å². The summed E-state index contributed by atoms with van der Waals surface area (Å²) in [6.07, 6.45) is -2.39. The molecule has 1 N–H and O–H groups in total. The van der Waals surface area contributed by atoms with Crippen LogP contribution in [0.3, 0.4) is 0 Å². The van der Waals surface area contributed by atoms with Gasteiger partial charge in [-0.25, -0.2) is 8.78 Å². The van der Waals surface area contributed by atoms with Gasteiger partial charge in [-0.3, -0.25) is 0 Å². The molecule has 1 heterocycles. The van der Waals surface area contributed by atoms with Crippen molar-refractivity contribution < 1.29 is 13.5 Å². The van der Waals surface area contributed by atoms with Gasteiger partial charge in [0.15, 0.2) is 0 Å². The number of aryl methyl sites for hydroxylation is 1. The maximum Gasteiger partial charge on any atom is 0.261 e. The molecule has 2 nitrogen and oxygen atoms in total. The van der Waals surface area contributed by atoms with Crippen molar-refractivity contribution in [2.75, 3.05) is 6.61 Å². The predicted molar refractivity (Wildman–Crippen MR) is 66.7 cm³/mol. The zero-order valence-electron chi connectivity index (χ0n) is 10.4. The van der Waals surface area contributed by atoms with E-state index in [0.29, 0.717) is 6.04 Å². The van der Waals surface area contributed by atoms with E-state index in [9.17, 15) is 8.78 Å². The van der Waals surface area contributed by atoms with Gasteiger partial charge in [0, 0.05) is 22.3 Å². The van der Waals surface area contributed by atoms with Gasteiger partial charge in [0.25, 0.3) is 6.43 Å². The van der Waals surface area contributed by atoms with Crippen molar-refractivity contribution in [3.8, 4) is 0 Å². The summed E-state index contributed by atoms with van der Waals surface area (Å²) in [6, 6.07) is 2.47. The number of ether oxygens (including phenoxy) is 1. The molecular weight excluding hydrogens is 244 g/mol. The third-order valence-corrected chi connectivity index (χ3v) is 3.35. The van der Waals surface area contributed by atoms with Crippen LogP contribution in [0.25, 0.3) is 0 Å². The largest absolute Gasteiger partial charge is 0.371 e. The lowest BCUT2D eigenvalue weighted by molar-refractivity contribution is 0.00983. The molecule has 0 spiro atoms. The Hall–Kier alpha value is -0.520. The van der Waals surface area contributed by atoms with Gasteiger partial charge in [-0.1, -0.05) is 13.8 Å². The Morgan fingerprint density at radius 1 is 1.41 bits per heavy atom. The van der Waals surface area contributed by atoms with Crippen LogP contribution in [0, 0.1) is 6.92 Å². The smallest absolute Gasteiger partial charge is 0.261 e. The summed E-state index contributed by atoms with van der Waals surface area (Å²) in [4.78, 5) is 2.35. The highest BCUT2D eigenvalue weighted by atomic mass is 32.1. The Balaban J connectivity index is 2.44. The molecule has 0 saturated carbocycles. The highest BCUT2D eigenvalue weighted by Crippen LogP contribution is 2.22. The summed E-state index contributed by atoms with van der Waals surface area (Å²) >= 11 is 1.69. The standard InChI is InChI=1S/C12H19F2NOS/c1-8(2)15-5-11-4-10(9(3)17-11)6-16-7-12(13)14/h4,8,12,15H,5-7H2,1-3H3. The molecule has 0 aliphatic carbocycles. The van der Waals surface area contributed by atoms with Crippen molar-refractivity contribution >= 4 is 11.3 Å². The first-order valence-corrected chi connectivity index (χ1v) is 6.48. The van der Waals surface area contributed by atoms with Gasteiger partial charge in [-0.2, -0.15) is 0 Å². The zero-order chi connectivity index (χ0) is 12.8. The second kappa shape index (κ2) is 7.03. The van der Waals surface area contributed by atoms with Crippen molar-refractivity contribution in [3.63, 3.8) is 0 Å². The molecule has 17 heavy (non-hydrogen) atoms. The molecule has 98 valence electrons. The molecular formula is C12H19F2NOS. The summed E-state index contributed by atoms with van der Waals surface area (Å²) in [6.45, 7) is 6.77. The van der Waals surface area contributed by atoms with Crippen molar-refractivity contribution in [1.29, 1.82) is 0 Å². The highest BCUT2D eigenvalue weighted by molar-refractivity contribution is 7.12. The minimum Gasteiger partial charge on any atom is -0.371 e. The van der Waals surface area contributed by atoms with Crippen LogP contribution in [0.1, 0.15) is 29.2 Å². The molecule has 0 aliphatic heterocycles. The number of alkyl halides is 2. The van der Waals surface area contributed by atoms with Gasteiger partial charge >= 0.3 is 0 Å². The normalized spacial score (nSPS) is 11.7. The van der Waals surface area contributed by atoms with E-state index in [1.807, 2.05) is 13.0 Å². The fraction of sp³-hybridized carbons (Fsp3) is 0.667. The van der Waals surface area contributed by atoms with Crippen LogP contribution >= 0.6 is 11.3 Å². The van der Waals surface area contributed by atoms with Gasteiger partial charge in [-0.15, -0.1) is 11.3 Å². The molecule has 1 rings (SSSR count). The molecule has 0 amide bonds. The lowest BCUT2D eigenvalue weighted by atomic mass is 10.2. The summed E-state index contributed by atoms with van der Waals surface area (Å²) < 4.78 is 28.8. The average molecular weight is 263 g/mol. The van der Waals surface area contributed by atoms with Crippen molar-refractivity contribution in [3.05, 3.63) is 21.4 Å². The van der Waals surface area contributed by atoms with Gasteiger partial charge in [0.05, 0.1) is 6.61 Å². The van der Waals surface area contributed by atoms with Crippen LogP contribution in [-0.4, -0.2) is 19.1 Å². The van der Waals surface area contributed by atoms with Crippen molar-refractivity contribution in [2.24, 2.45) is 0 Å². The van der Waals surface area contributed by atoms with E-state index < -0.39 is 13.0 Å². The fourth-order valence-corrected chi connectivity index (χ4v) is 2.38. The van der Waals surface area contributed by atoms with Crippen molar-refractivity contribution in [2.45, 2.75) is 46.4 Å². The van der Waals surface area contributed by atoms with Gasteiger partial charge in [0.2, 0.25) is 0 Å². The van der Waals surface area contributed by atoms with E-state index >= 15 is 0 Å². The topological polar surface area (TPSA) is 21.3 Å². The van der Waals surface area contributed by atoms with E-state index in [1.54, 1.807) is 11.3 Å². The minimum atomic E-state index is -2.39. The maximum atomic E-state index is 11.9. The molecule has 0 saturated heterocycles. The van der Waals surface area contributed by atoms with E-state index in [1.165, 1.54) is 4.88 Å². The minimum absolute atomic E-state index is 0.272. The molecule has 0 radical (unpaired) electrons. The van der Waals surface area contributed by atoms with Crippen LogP contribution in [0.4, 0.5) is 8.78 Å². The van der Waals surface area contributed by atoms with Gasteiger partial charge in [-0.05, 0) is 18.6 Å². The van der Waals surface area contributed by atoms with Crippen LogP contribution in [-0.2, 0) is 17.9 Å².